The van der Waals surface area contributed by atoms with E-state index in [4.69, 9.17) is 9.47 Å². The van der Waals surface area contributed by atoms with E-state index in [1.807, 2.05) is 52.7 Å². The quantitative estimate of drug-likeness (QED) is 0.404. The minimum absolute atomic E-state index is 0.0348. The van der Waals surface area contributed by atoms with Crippen molar-refractivity contribution in [3.8, 4) is 5.75 Å². The van der Waals surface area contributed by atoms with Gasteiger partial charge in [-0.3, -0.25) is 4.79 Å². The van der Waals surface area contributed by atoms with Crippen LogP contribution < -0.4 is 10.1 Å². The van der Waals surface area contributed by atoms with E-state index in [0.717, 1.165) is 28.8 Å². The normalized spacial score (nSPS) is 14.9. The Hall–Kier alpha value is -3.36. The Bertz CT molecular complexity index is 1140. The molecule has 190 valence electrons. The molecule has 1 aliphatic heterocycles. The molecular formula is C28H33N3O4S. The molecule has 0 bridgehead atoms. The first-order valence-electron chi connectivity index (χ1n) is 12.2. The number of benzene rings is 2. The summed E-state index contributed by atoms with van der Waals surface area (Å²) in [5.74, 6) is 0.542. The van der Waals surface area contributed by atoms with Crippen LogP contribution >= 0.6 is 11.3 Å². The summed E-state index contributed by atoms with van der Waals surface area (Å²) < 4.78 is 11.1. The molecule has 0 aliphatic carbocycles. The summed E-state index contributed by atoms with van der Waals surface area (Å²) in [5, 5.41) is 4.96. The van der Waals surface area contributed by atoms with Gasteiger partial charge in [-0.05, 0) is 54.5 Å². The second-order valence-electron chi connectivity index (χ2n) is 8.94. The summed E-state index contributed by atoms with van der Waals surface area (Å²) in [6, 6.07) is 18.9. The van der Waals surface area contributed by atoms with Gasteiger partial charge in [-0.25, -0.2) is 4.79 Å². The first-order valence-corrected chi connectivity index (χ1v) is 13.1. The predicted octanol–water partition coefficient (Wildman–Crippen LogP) is 5.31. The molecule has 1 aromatic heterocycles. The van der Waals surface area contributed by atoms with Crippen molar-refractivity contribution in [2.45, 2.75) is 39.0 Å². The molecule has 1 unspecified atom stereocenters. The van der Waals surface area contributed by atoms with E-state index in [1.165, 1.54) is 0 Å². The second kappa shape index (κ2) is 12.6. The van der Waals surface area contributed by atoms with Gasteiger partial charge < -0.3 is 24.6 Å². The molecule has 0 saturated carbocycles. The lowest BCUT2D eigenvalue weighted by atomic mass is 10.2. The summed E-state index contributed by atoms with van der Waals surface area (Å²) in [6.07, 6.45) is 1.76. The largest absolute Gasteiger partial charge is 0.497 e. The summed E-state index contributed by atoms with van der Waals surface area (Å²) >= 11 is 1.64. The van der Waals surface area contributed by atoms with Crippen LogP contribution in [0.1, 0.15) is 28.8 Å². The Balaban J connectivity index is 1.52. The maximum Gasteiger partial charge on any atom is 0.322 e. The molecule has 1 saturated heterocycles. The number of carbonyl (C=O) groups is 2. The number of hydrogen-bond acceptors (Lipinski definition) is 5. The van der Waals surface area contributed by atoms with Crippen LogP contribution in [0.15, 0.2) is 66.0 Å². The van der Waals surface area contributed by atoms with Crippen LogP contribution in [0.2, 0.25) is 0 Å². The van der Waals surface area contributed by atoms with Gasteiger partial charge in [-0.15, -0.1) is 11.3 Å². The van der Waals surface area contributed by atoms with Crippen molar-refractivity contribution in [1.29, 1.82) is 0 Å². The van der Waals surface area contributed by atoms with Crippen molar-refractivity contribution in [3.63, 3.8) is 0 Å². The molecule has 7 nitrogen and oxygen atoms in total. The van der Waals surface area contributed by atoms with Gasteiger partial charge in [-0.2, -0.15) is 0 Å². The van der Waals surface area contributed by atoms with Gasteiger partial charge in [0.2, 0.25) is 5.91 Å². The van der Waals surface area contributed by atoms with Crippen LogP contribution in [0.3, 0.4) is 0 Å². The van der Waals surface area contributed by atoms with Crippen LogP contribution in [0.4, 0.5) is 10.5 Å². The number of nitrogens with one attached hydrogen (secondary N) is 1. The molecule has 2 aromatic carbocycles. The highest BCUT2D eigenvalue weighted by Crippen LogP contribution is 2.21. The zero-order valence-corrected chi connectivity index (χ0v) is 21.6. The molecule has 2 heterocycles. The minimum Gasteiger partial charge on any atom is -0.497 e. The van der Waals surface area contributed by atoms with Crippen LogP contribution in [-0.2, 0) is 22.6 Å². The van der Waals surface area contributed by atoms with E-state index in [2.05, 4.69) is 18.3 Å². The standard InChI is InChI=1S/C28H33N3O4S/c1-21-13-15-36-26(21)19-30(17-22-8-4-3-5-9-22)27(32)20-31(18-25-12-7-14-35-25)28(33)29-23-10-6-11-24(16-23)34-2/h3-6,8-11,13,15-16,25H,7,12,14,17-20H2,1-2H3,(H,29,33). The molecule has 3 amide bonds. The zero-order valence-electron chi connectivity index (χ0n) is 20.8. The van der Waals surface area contributed by atoms with Crippen molar-refractivity contribution in [2.75, 3.05) is 32.1 Å². The second-order valence-corrected chi connectivity index (χ2v) is 9.94. The van der Waals surface area contributed by atoms with E-state index in [0.29, 0.717) is 37.7 Å². The Morgan fingerprint density at radius 2 is 1.92 bits per heavy atom. The Morgan fingerprint density at radius 1 is 1.08 bits per heavy atom. The first kappa shape index (κ1) is 25.7. The molecule has 36 heavy (non-hydrogen) atoms. The minimum atomic E-state index is -0.334. The topological polar surface area (TPSA) is 71.1 Å². The maximum atomic E-state index is 13.7. The number of hydrogen-bond donors (Lipinski definition) is 1. The third kappa shape index (κ3) is 7.08. The van der Waals surface area contributed by atoms with E-state index in [1.54, 1.807) is 35.5 Å². The van der Waals surface area contributed by atoms with Gasteiger partial charge in [0.1, 0.15) is 12.3 Å². The molecule has 0 spiro atoms. The van der Waals surface area contributed by atoms with E-state index >= 15 is 0 Å². The fourth-order valence-electron chi connectivity index (χ4n) is 4.20. The van der Waals surface area contributed by atoms with Crippen molar-refractivity contribution in [1.82, 2.24) is 9.80 Å². The third-order valence-corrected chi connectivity index (χ3v) is 7.26. The number of anilines is 1. The maximum absolute atomic E-state index is 13.7. The molecule has 8 heteroatoms. The third-order valence-electron chi connectivity index (χ3n) is 6.25. The molecule has 1 atom stereocenters. The molecule has 3 aromatic rings. The van der Waals surface area contributed by atoms with Crippen molar-refractivity contribution in [2.24, 2.45) is 0 Å². The molecular weight excluding hydrogens is 474 g/mol. The van der Waals surface area contributed by atoms with Crippen molar-refractivity contribution < 1.29 is 19.1 Å². The number of ether oxygens (including phenoxy) is 2. The van der Waals surface area contributed by atoms with Gasteiger partial charge in [0.15, 0.2) is 0 Å². The summed E-state index contributed by atoms with van der Waals surface area (Å²) in [5.41, 5.74) is 2.82. The van der Waals surface area contributed by atoms with Crippen molar-refractivity contribution in [3.05, 3.63) is 82.0 Å². The van der Waals surface area contributed by atoms with Gasteiger partial charge in [0.05, 0.1) is 19.8 Å². The van der Waals surface area contributed by atoms with E-state index in [9.17, 15) is 9.59 Å². The van der Waals surface area contributed by atoms with Crippen LogP contribution in [0.25, 0.3) is 0 Å². The van der Waals surface area contributed by atoms with E-state index < -0.39 is 0 Å². The lowest BCUT2D eigenvalue weighted by Crippen LogP contribution is -2.46. The van der Waals surface area contributed by atoms with Crippen molar-refractivity contribution >= 4 is 29.0 Å². The monoisotopic (exact) mass is 507 g/mol. The zero-order chi connectivity index (χ0) is 25.3. The summed E-state index contributed by atoms with van der Waals surface area (Å²) in [4.78, 5) is 31.6. The Kier molecular flexibility index (Phi) is 8.97. The molecule has 4 rings (SSSR count). The number of nitrogens with zero attached hydrogens (tertiary/aromatic N) is 2. The average molecular weight is 508 g/mol. The number of carbonyl (C=O) groups excluding carboxylic acids is 2. The van der Waals surface area contributed by atoms with E-state index in [-0.39, 0.29) is 24.6 Å². The fraction of sp³-hybridized carbons (Fsp3) is 0.357. The van der Waals surface area contributed by atoms with Crippen LogP contribution in [0.5, 0.6) is 5.75 Å². The number of aryl methyl sites for hydroxylation is 1. The predicted molar refractivity (Wildman–Crippen MR) is 142 cm³/mol. The number of thiophene rings is 1. The molecule has 1 aliphatic rings. The summed E-state index contributed by atoms with van der Waals surface area (Å²) in [7, 11) is 1.58. The van der Waals surface area contributed by atoms with Crippen LogP contribution in [0, 0.1) is 6.92 Å². The number of rotatable bonds is 10. The highest BCUT2D eigenvalue weighted by Gasteiger charge is 2.27. The summed E-state index contributed by atoms with van der Waals surface area (Å²) in [6.45, 7) is 4.04. The van der Waals surface area contributed by atoms with Gasteiger partial charge in [0, 0.05) is 36.3 Å². The Morgan fingerprint density at radius 3 is 2.61 bits per heavy atom. The first-order chi connectivity index (χ1) is 17.5. The molecule has 1 N–H and O–H groups in total. The highest BCUT2D eigenvalue weighted by molar-refractivity contribution is 7.10. The van der Waals surface area contributed by atoms with Gasteiger partial charge in [-0.1, -0.05) is 36.4 Å². The SMILES string of the molecule is COc1cccc(NC(=O)N(CC(=O)N(Cc2ccccc2)Cc2sccc2C)CC2CCCO2)c1. The van der Waals surface area contributed by atoms with Gasteiger partial charge >= 0.3 is 6.03 Å². The number of amides is 3. The fourth-order valence-corrected chi connectivity index (χ4v) is 5.12. The molecule has 1 fully saturated rings. The average Bonchev–Trinajstić information content (AvgIpc) is 3.55. The van der Waals surface area contributed by atoms with Crippen LogP contribution in [-0.4, -0.2) is 54.6 Å². The van der Waals surface area contributed by atoms with Gasteiger partial charge in [0.25, 0.3) is 0 Å². The number of methoxy groups -OCH3 is 1. The smallest absolute Gasteiger partial charge is 0.322 e. The highest BCUT2D eigenvalue weighted by atomic mass is 32.1. The Labute approximate surface area is 216 Å². The molecule has 0 radical (unpaired) electrons. The lowest BCUT2D eigenvalue weighted by Gasteiger charge is -2.29. The number of urea groups is 1. The lowest BCUT2D eigenvalue weighted by molar-refractivity contribution is -0.133.